The molecule has 18 heavy (non-hydrogen) atoms. The number of carbonyl (C=O) groups excluding carboxylic acids is 2. The summed E-state index contributed by atoms with van der Waals surface area (Å²) in [4.78, 5) is 22.9. The van der Waals surface area contributed by atoms with E-state index >= 15 is 0 Å². The Balaban J connectivity index is 2.61. The van der Waals surface area contributed by atoms with E-state index in [0.29, 0.717) is 5.56 Å². The van der Waals surface area contributed by atoms with Crippen molar-refractivity contribution in [1.82, 2.24) is 5.32 Å². The first-order chi connectivity index (χ1) is 8.41. The minimum absolute atomic E-state index is 0.0106. The van der Waals surface area contributed by atoms with E-state index in [1.165, 1.54) is 6.07 Å². The molecule has 5 nitrogen and oxygen atoms in total. The quantitative estimate of drug-likeness (QED) is 0.793. The smallest absolute Gasteiger partial charge is 0.342 e. The molecule has 0 aliphatic carbocycles. The lowest BCUT2D eigenvalue weighted by atomic mass is 10.1. The van der Waals surface area contributed by atoms with E-state index in [9.17, 15) is 14.7 Å². The summed E-state index contributed by atoms with van der Waals surface area (Å²) < 4.78 is 4.82. The average molecular weight is 251 g/mol. The number of hydrogen-bond acceptors (Lipinski definition) is 4. The van der Waals surface area contributed by atoms with Crippen LogP contribution in [0, 0.1) is 6.92 Å². The Morgan fingerprint density at radius 2 is 2.06 bits per heavy atom. The monoisotopic (exact) mass is 251 g/mol. The van der Waals surface area contributed by atoms with Gasteiger partial charge in [0.15, 0.2) is 6.61 Å². The summed E-state index contributed by atoms with van der Waals surface area (Å²) in [5.41, 5.74) is 0.642. The summed E-state index contributed by atoms with van der Waals surface area (Å²) in [5, 5.41) is 12.3. The number of carbonyl (C=O) groups is 2. The summed E-state index contributed by atoms with van der Waals surface area (Å²) in [6.07, 6.45) is 0. The molecule has 1 aromatic rings. The van der Waals surface area contributed by atoms with Gasteiger partial charge in [0, 0.05) is 6.04 Å². The zero-order valence-corrected chi connectivity index (χ0v) is 10.7. The van der Waals surface area contributed by atoms with Crippen LogP contribution in [0.15, 0.2) is 18.2 Å². The summed E-state index contributed by atoms with van der Waals surface area (Å²) >= 11 is 0. The van der Waals surface area contributed by atoms with E-state index in [1.54, 1.807) is 19.1 Å². The van der Waals surface area contributed by atoms with E-state index in [4.69, 9.17) is 4.74 Å². The Hall–Kier alpha value is -2.04. The van der Waals surface area contributed by atoms with E-state index in [0.717, 1.165) is 0 Å². The van der Waals surface area contributed by atoms with Crippen LogP contribution in [-0.4, -0.2) is 29.6 Å². The fourth-order valence-electron chi connectivity index (χ4n) is 1.40. The van der Waals surface area contributed by atoms with Crippen molar-refractivity contribution in [3.63, 3.8) is 0 Å². The number of benzene rings is 1. The molecule has 0 aliphatic heterocycles. The lowest BCUT2D eigenvalue weighted by Crippen LogP contribution is -2.34. The third-order valence-corrected chi connectivity index (χ3v) is 2.24. The summed E-state index contributed by atoms with van der Waals surface area (Å²) in [5.74, 6) is -1.20. The number of hydrogen-bond donors (Lipinski definition) is 2. The number of phenols is 1. The Morgan fingerprint density at radius 1 is 1.39 bits per heavy atom. The van der Waals surface area contributed by atoms with Crippen LogP contribution in [0.4, 0.5) is 0 Å². The van der Waals surface area contributed by atoms with Crippen LogP contribution >= 0.6 is 0 Å². The van der Waals surface area contributed by atoms with Gasteiger partial charge in [0.25, 0.3) is 5.91 Å². The third-order valence-electron chi connectivity index (χ3n) is 2.24. The summed E-state index contributed by atoms with van der Waals surface area (Å²) in [6, 6.07) is 4.76. The number of rotatable bonds is 4. The second kappa shape index (κ2) is 6.05. The van der Waals surface area contributed by atoms with Gasteiger partial charge in [-0.05, 0) is 32.4 Å². The highest BCUT2D eigenvalue weighted by Gasteiger charge is 2.15. The predicted molar refractivity (Wildman–Crippen MR) is 66.4 cm³/mol. The van der Waals surface area contributed by atoms with Gasteiger partial charge in [-0.1, -0.05) is 12.1 Å². The van der Waals surface area contributed by atoms with Gasteiger partial charge in [0.05, 0.1) is 0 Å². The van der Waals surface area contributed by atoms with Crippen molar-refractivity contribution in [2.45, 2.75) is 26.8 Å². The molecule has 0 bridgehead atoms. The molecule has 98 valence electrons. The highest BCUT2D eigenvalue weighted by molar-refractivity contribution is 5.94. The molecular formula is C13H17NO4. The van der Waals surface area contributed by atoms with Gasteiger partial charge in [-0.3, -0.25) is 4.79 Å². The maximum Gasteiger partial charge on any atom is 0.342 e. The lowest BCUT2D eigenvalue weighted by Gasteiger charge is -2.10. The number of phenolic OH excluding ortho intramolecular Hbond substituents is 1. The molecule has 0 heterocycles. The van der Waals surface area contributed by atoms with Crippen LogP contribution < -0.4 is 5.32 Å². The molecule has 0 aliphatic rings. The summed E-state index contributed by atoms with van der Waals surface area (Å²) in [6.45, 7) is 4.94. The first kappa shape index (κ1) is 14.0. The third kappa shape index (κ3) is 3.76. The molecule has 0 aromatic heterocycles. The highest BCUT2D eigenvalue weighted by Crippen LogP contribution is 2.21. The first-order valence-corrected chi connectivity index (χ1v) is 5.67. The van der Waals surface area contributed by atoms with E-state index in [2.05, 4.69) is 5.32 Å². The number of nitrogens with one attached hydrogen (secondary N) is 1. The minimum Gasteiger partial charge on any atom is -0.507 e. The molecule has 0 unspecified atom stereocenters. The number of aromatic hydroxyl groups is 1. The van der Waals surface area contributed by atoms with E-state index < -0.39 is 5.97 Å². The van der Waals surface area contributed by atoms with E-state index in [-0.39, 0.29) is 29.9 Å². The standard InChI is InChI=1S/C13H17NO4/c1-8(2)14-11(15)7-18-13(17)10-6-4-5-9(3)12(10)16/h4-6,8,16H,7H2,1-3H3,(H,14,15). The van der Waals surface area contributed by atoms with Gasteiger partial charge in [0.1, 0.15) is 11.3 Å². The number of esters is 1. The van der Waals surface area contributed by atoms with Crippen molar-refractivity contribution in [3.05, 3.63) is 29.3 Å². The fraction of sp³-hybridized carbons (Fsp3) is 0.385. The van der Waals surface area contributed by atoms with Crippen molar-refractivity contribution in [2.75, 3.05) is 6.61 Å². The average Bonchev–Trinajstić information content (AvgIpc) is 2.29. The van der Waals surface area contributed by atoms with Crippen molar-refractivity contribution < 1.29 is 19.4 Å². The van der Waals surface area contributed by atoms with Crippen LogP contribution in [0.5, 0.6) is 5.75 Å². The second-order valence-corrected chi connectivity index (χ2v) is 4.27. The van der Waals surface area contributed by atoms with Crippen molar-refractivity contribution in [3.8, 4) is 5.75 Å². The molecule has 5 heteroatoms. The normalized spacial score (nSPS) is 10.2. The minimum atomic E-state index is -0.713. The van der Waals surface area contributed by atoms with Gasteiger partial charge >= 0.3 is 5.97 Å². The SMILES string of the molecule is Cc1cccc(C(=O)OCC(=O)NC(C)C)c1O. The summed E-state index contributed by atoms with van der Waals surface area (Å²) in [7, 11) is 0. The molecule has 0 saturated heterocycles. The maximum atomic E-state index is 11.6. The lowest BCUT2D eigenvalue weighted by molar-refractivity contribution is -0.124. The Kier molecular flexibility index (Phi) is 4.71. The maximum absolute atomic E-state index is 11.6. The number of para-hydroxylation sites is 1. The van der Waals surface area contributed by atoms with Gasteiger partial charge in [-0.2, -0.15) is 0 Å². The van der Waals surface area contributed by atoms with Crippen LogP contribution in [-0.2, 0) is 9.53 Å². The highest BCUT2D eigenvalue weighted by atomic mass is 16.5. The van der Waals surface area contributed by atoms with Gasteiger partial charge < -0.3 is 15.2 Å². The Bertz CT molecular complexity index is 454. The number of amides is 1. The van der Waals surface area contributed by atoms with Crippen LogP contribution in [0.25, 0.3) is 0 Å². The molecule has 1 aromatic carbocycles. The fourth-order valence-corrected chi connectivity index (χ4v) is 1.40. The molecule has 1 rings (SSSR count). The molecule has 0 saturated carbocycles. The molecular weight excluding hydrogens is 234 g/mol. The molecule has 0 fully saturated rings. The van der Waals surface area contributed by atoms with Gasteiger partial charge in [0.2, 0.25) is 0 Å². The van der Waals surface area contributed by atoms with Crippen LogP contribution in [0.1, 0.15) is 29.8 Å². The van der Waals surface area contributed by atoms with Crippen molar-refractivity contribution in [2.24, 2.45) is 0 Å². The van der Waals surface area contributed by atoms with Crippen molar-refractivity contribution >= 4 is 11.9 Å². The molecule has 0 spiro atoms. The van der Waals surface area contributed by atoms with Gasteiger partial charge in [-0.15, -0.1) is 0 Å². The van der Waals surface area contributed by atoms with Crippen LogP contribution in [0.2, 0.25) is 0 Å². The molecule has 0 atom stereocenters. The zero-order valence-electron chi connectivity index (χ0n) is 10.7. The Morgan fingerprint density at radius 3 is 2.67 bits per heavy atom. The molecule has 0 radical (unpaired) electrons. The van der Waals surface area contributed by atoms with E-state index in [1.807, 2.05) is 13.8 Å². The predicted octanol–water partition coefficient (Wildman–Crippen LogP) is 1.38. The topological polar surface area (TPSA) is 75.6 Å². The number of aryl methyl sites for hydroxylation is 1. The van der Waals surface area contributed by atoms with Crippen molar-refractivity contribution in [1.29, 1.82) is 0 Å². The van der Waals surface area contributed by atoms with Crippen LogP contribution in [0.3, 0.4) is 0 Å². The molecule has 1 amide bonds. The largest absolute Gasteiger partial charge is 0.507 e. The Labute approximate surface area is 106 Å². The first-order valence-electron chi connectivity index (χ1n) is 5.67. The van der Waals surface area contributed by atoms with Gasteiger partial charge in [-0.25, -0.2) is 4.79 Å². The second-order valence-electron chi connectivity index (χ2n) is 4.27. The molecule has 2 N–H and O–H groups in total. The number of ether oxygens (including phenoxy) is 1. The zero-order chi connectivity index (χ0) is 13.7.